The number of hydrogen-bond donors (Lipinski definition) is 1. The summed E-state index contributed by atoms with van der Waals surface area (Å²) in [6.07, 6.45) is 4.44. The summed E-state index contributed by atoms with van der Waals surface area (Å²) in [5.74, 6) is -0.311. The van der Waals surface area contributed by atoms with Gasteiger partial charge in [-0.05, 0) is 30.7 Å². The molecule has 15 heavy (non-hydrogen) atoms. The van der Waals surface area contributed by atoms with Gasteiger partial charge < -0.3 is 5.11 Å². The van der Waals surface area contributed by atoms with Crippen LogP contribution in [0.1, 0.15) is 18.4 Å². The van der Waals surface area contributed by atoms with E-state index in [9.17, 15) is 4.79 Å². The van der Waals surface area contributed by atoms with Gasteiger partial charge in [0, 0.05) is 6.08 Å². The van der Waals surface area contributed by atoms with E-state index in [1.54, 1.807) is 0 Å². The average molecular weight is 202 g/mol. The quantitative estimate of drug-likeness (QED) is 0.762. The van der Waals surface area contributed by atoms with E-state index >= 15 is 0 Å². The van der Waals surface area contributed by atoms with Crippen LogP contribution in [0.5, 0.6) is 0 Å². The monoisotopic (exact) mass is 202 g/mol. The Kier molecular flexibility index (Phi) is 2.86. The van der Waals surface area contributed by atoms with Gasteiger partial charge >= 0.3 is 5.97 Å². The predicted octanol–water partition coefficient (Wildman–Crippen LogP) is 2.65. The molecule has 0 radical (unpaired) electrons. The molecule has 0 spiro atoms. The highest BCUT2D eigenvalue weighted by atomic mass is 16.4. The molecule has 0 bridgehead atoms. The van der Waals surface area contributed by atoms with Gasteiger partial charge in [0.15, 0.2) is 0 Å². The minimum atomic E-state index is -0.826. The first-order valence-electron chi connectivity index (χ1n) is 5.23. The molecule has 0 heterocycles. The highest BCUT2D eigenvalue weighted by molar-refractivity contribution is 5.81. The van der Waals surface area contributed by atoms with Crippen LogP contribution in [-0.4, -0.2) is 11.1 Å². The summed E-state index contributed by atoms with van der Waals surface area (Å²) in [5.41, 5.74) is 2.26. The van der Waals surface area contributed by atoms with Gasteiger partial charge in [0.05, 0.1) is 0 Å². The summed E-state index contributed by atoms with van der Waals surface area (Å²) < 4.78 is 0. The minimum absolute atomic E-state index is 0.515. The summed E-state index contributed by atoms with van der Waals surface area (Å²) in [6, 6.07) is 10.0. The molecule has 1 saturated carbocycles. The van der Waals surface area contributed by atoms with Crippen LogP contribution in [0.2, 0.25) is 0 Å². The highest BCUT2D eigenvalue weighted by Gasteiger charge is 2.26. The zero-order chi connectivity index (χ0) is 10.7. The van der Waals surface area contributed by atoms with Gasteiger partial charge in [0.25, 0.3) is 0 Å². The van der Waals surface area contributed by atoms with Crippen LogP contribution in [0, 0.1) is 5.92 Å². The number of aliphatic carboxylic acids is 1. The normalized spacial score (nSPS) is 16.4. The number of carbonyl (C=O) groups is 1. The van der Waals surface area contributed by atoms with Crippen molar-refractivity contribution in [3.63, 3.8) is 0 Å². The SMILES string of the molecule is O=C(O)/C=C(/Cc1ccccc1)C1CC1. The van der Waals surface area contributed by atoms with E-state index in [0.717, 1.165) is 24.8 Å². The lowest BCUT2D eigenvalue weighted by Crippen LogP contribution is -1.98. The van der Waals surface area contributed by atoms with Crippen LogP contribution in [0.25, 0.3) is 0 Å². The third-order valence-corrected chi connectivity index (χ3v) is 2.66. The molecule has 0 amide bonds. The van der Waals surface area contributed by atoms with Crippen molar-refractivity contribution >= 4 is 5.97 Å². The molecule has 1 N–H and O–H groups in total. The molecule has 1 aromatic rings. The van der Waals surface area contributed by atoms with E-state index in [2.05, 4.69) is 0 Å². The number of allylic oxidation sites excluding steroid dienone is 1. The summed E-state index contributed by atoms with van der Waals surface area (Å²) in [6.45, 7) is 0. The van der Waals surface area contributed by atoms with Crippen LogP contribution < -0.4 is 0 Å². The van der Waals surface area contributed by atoms with Crippen molar-refractivity contribution in [2.75, 3.05) is 0 Å². The van der Waals surface area contributed by atoms with Crippen LogP contribution in [0.15, 0.2) is 42.0 Å². The van der Waals surface area contributed by atoms with E-state index < -0.39 is 5.97 Å². The molecule has 0 saturated heterocycles. The van der Waals surface area contributed by atoms with Crippen LogP contribution in [-0.2, 0) is 11.2 Å². The minimum Gasteiger partial charge on any atom is -0.478 e. The molecular weight excluding hydrogens is 188 g/mol. The Bertz CT molecular complexity index is 375. The van der Waals surface area contributed by atoms with Gasteiger partial charge in [-0.25, -0.2) is 4.79 Å². The Morgan fingerprint density at radius 1 is 1.33 bits per heavy atom. The number of hydrogen-bond acceptors (Lipinski definition) is 1. The summed E-state index contributed by atoms with van der Waals surface area (Å²) in [5, 5.41) is 8.76. The predicted molar refractivity (Wildman–Crippen MR) is 58.6 cm³/mol. The maximum Gasteiger partial charge on any atom is 0.328 e. The zero-order valence-corrected chi connectivity index (χ0v) is 8.52. The van der Waals surface area contributed by atoms with Crippen molar-refractivity contribution in [1.82, 2.24) is 0 Å². The van der Waals surface area contributed by atoms with E-state index in [1.807, 2.05) is 30.3 Å². The second-order valence-electron chi connectivity index (χ2n) is 3.99. The van der Waals surface area contributed by atoms with Gasteiger partial charge in [0.2, 0.25) is 0 Å². The van der Waals surface area contributed by atoms with Crippen molar-refractivity contribution in [1.29, 1.82) is 0 Å². The Morgan fingerprint density at radius 3 is 2.53 bits per heavy atom. The highest BCUT2D eigenvalue weighted by Crippen LogP contribution is 2.37. The molecule has 1 fully saturated rings. The summed E-state index contributed by atoms with van der Waals surface area (Å²) in [4.78, 5) is 10.7. The third kappa shape index (κ3) is 2.94. The Morgan fingerprint density at radius 2 is 2.00 bits per heavy atom. The first-order chi connectivity index (χ1) is 7.25. The maximum absolute atomic E-state index is 10.7. The van der Waals surface area contributed by atoms with Crippen LogP contribution in [0.3, 0.4) is 0 Å². The molecule has 1 aromatic carbocycles. The smallest absolute Gasteiger partial charge is 0.328 e. The Hall–Kier alpha value is -1.57. The third-order valence-electron chi connectivity index (χ3n) is 2.66. The number of rotatable bonds is 4. The fraction of sp³-hybridized carbons (Fsp3) is 0.308. The first kappa shape index (κ1) is 9.97. The Balaban J connectivity index is 2.10. The van der Waals surface area contributed by atoms with Crippen LogP contribution >= 0.6 is 0 Å². The van der Waals surface area contributed by atoms with E-state index in [4.69, 9.17) is 5.11 Å². The Labute approximate surface area is 89.2 Å². The molecule has 2 heteroatoms. The van der Waals surface area contributed by atoms with Gasteiger partial charge in [-0.1, -0.05) is 35.9 Å². The molecule has 0 atom stereocenters. The summed E-state index contributed by atoms with van der Waals surface area (Å²) in [7, 11) is 0. The second-order valence-corrected chi connectivity index (χ2v) is 3.99. The lowest BCUT2D eigenvalue weighted by molar-refractivity contribution is -0.131. The average Bonchev–Trinajstić information content (AvgIpc) is 3.01. The maximum atomic E-state index is 10.7. The van der Waals surface area contributed by atoms with Gasteiger partial charge in [0.1, 0.15) is 0 Å². The van der Waals surface area contributed by atoms with Crippen molar-refractivity contribution in [2.24, 2.45) is 5.92 Å². The lowest BCUT2D eigenvalue weighted by Gasteiger charge is -2.04. The molecule has 0 unspecified atom stereocenters. The second kappa shape index (κ2) is 4.30. The van der Waals surface area contributed by atoms with Crippen molar-refractivity contribution in [2.45, 2.75) is 19.3 Å². The molecular formula is C13H14O2. The van der Waals surface area contributed by atoms with E-state index in [-0.39, 0.29) is 0 Å². The largest absolute Gasteiger partial charge is 0.478 e. The molecule has 1 aliphatic carbocycles. The van der Waals surface area contributed by atoms with Gasteiger partial charge in [-0.15, -0.1) is 0 Å². The molecule has 78 valence electrons. The van der Waals surface area contributed by atoms with E-state index in [1.165, 1.54) is 11.6 Å². The summed E-state index contributed by atoms with van der Waals surface area (Å²) >= 11 is 0. The standard InChI is InChI=1S/C13H14O2/c14-13(15)9-12(11-6-7-11)8-10-4-2-1-3-5-10/h1-5,9,11H,6-8H2,(H,14,15)/b12-9-. The molecule has 0 aromatic heterocycles. The van der Waals surface area contributed by atoms with E-state index in [0.29, 0.717) is 5.92 Å². The van der Waals surface area contributed by atoms with Crippen LogP contribution in [0.4, 0.5) is 0 Å². The topological polar surface area (TPSA) is 37.3 Å². The fourth-order valence-corrected chi connectivity index (χ4v) is 1.76. The zero-order valence-electron chi connectivity index (χ0n) is 8.52. The van der Waals surface area contributed by atoms with Crippen molar-refractivity contribution < 1.29 is 9.90 Å². The van der Waals surface area contributed by atoms with Crippen molar-refractivity contribution in [3.8, 4) is 0 Å². The number of carboxylic acid groups (broad SMARTS) is 1. The van der Waals surface area contributed by atoms with Gasteiger partial charge in [-0.3, -0.25) is 0 Å². The fourth-order valence-electron chi connectivity index (χ4n) is 1.76. The number of carboxylic acids is 1. The number of benzene rings is 1. The first-order valence-corrected chi connectivity index (χ1v) is 5.23. The molecule has 2 rings (SSSR count). The molecule has 0 aliphatic heterocycles. The van der Waals surface area contributed by atoms with Gasteiger partial charge in [-0.2, -0.15) is 0 Å². The molecule has 1 aliphatic rings. The molecule has 2 nitrogen and oxygen atoms in total. The van der Waals surface area contributed by atoms with Crippen molar-refractivity contribution in [3.05, 3.63) is 47.5 Å². The lowest BCUT2D eigenvalue weighted by atomic mass is 10.0.